The Bertz CT molecular complexity index is 1320. The minimum atomic E-state index is -2.89. The van der Waals surface area contributed by atoms with Gasteiger partial charge in [-0.2, -0.15) is 8.78 Å². The van der Waals surface area contributed by atoms with Gasteiger partial charge in [-0.3, -0.25) is 19.1 Å². The van der Waals surface area contributed by atoms with Crippen LogP contribution in [0.1, 0.15) is 49.4 Å². The Morgan fingerprint density at radius 3 is 2.56 bits per heavy atom. The molecule has 2 aromatic carbocycles. The molecule has 0 saturated carbocycles. The summed E-state index contributed by atoms with van der Waals surface area (Å²) in [7, 11) is 0. The van der Waals surface area contributed by atoms with Crippen LogP contribution in [0, 0.1) is 0 Å². The highest BCUT2D eigenvalue weighted by molar-refractivity contribution is 6.15. The van der Waals surface area contributed by atoms with Crippen molar-refractivity contribution in [3.63, 3.8) is 0 Å². The number of rotatable bonds is 5. The first kappa shape index (κ1) is 22.0. The molecule has 0 N–H and O–H groups in total. The number of para-hydroxylation sites is 3. The number of fused-ring (bicyclic) bond motifs is 4. The molecule has 1 unspecified atom stereocenters. The number of carbonyl (C=O) groups is 3. The zero-order valence-corrected chi connectivity index (χ0v) is 18.6. The van der Waals surface area contributed by atoms with Gasteiger partial charge in [0, 0.05) is 18.9 Å². The zero-order valence-electron chi connectivity index (χ0n) is 18.6. The van der Waals surface area contributed by atoms with E-state index >= 15 is 0 Å². The van der Waals surface area contributed by atoms with Gasteiger partial charge in [0.25, 0.3) is 5.91 Å². The number of amides is 2. The van der Waals surface area contributed by atoms with E-state index < -0.39 is 36.7 Å². The number of benzene rings is 2. The first-order chi connectivity index (χ1) is 16.3. The molecule has 5 rings (SSSR count). The molecule has 0 bridgehead atoms. The fraction of sp³-hybridized carbons (Fsp3) is 0.333. The van der Waals surface area contributed by atoms with E-state index in [1.165, 1.54) is 15.9 Å². The lowest BCUT2D eigenvalue weighted by atomic mass is 9.95. The SMILES string of the molecule is CC(C)N1C(=O)c2ccccc2N2C(=O)CCC21C(=O)OCc1nc2ccccc2n1C(F)F. The van der Waals surface area contributed by atoms with Crippen molar-refractivity contribution >= 4 is 34.5 Å². The Morgan fingerprint density at radius 2 is 1.82 bits per heavy atom. The maximum atomic E-state index is 13.8. The van der Waals surface area contributed by atoms with Gasteiger partial charge in [-0.05, 0) is 38.1 Å². The highest BCUT2D eigenvalue weighted by Crippen LogP contribution is 2.46. The van der Waals surface area contributed by atoms with Gasteiger partial charge >= 0.3 is 12.5 Å². The van der Waals surface area contributed by atoms with Crippen LogP contribution in [0.2, 0.25) is 0 Å². The number of aromatic nitrogens is 2. The topological polar surface area (TPSA) is 84.7 Å². The normalized spacial score (nSPS) is 19.8. The number of carbonyl (C=O) groups excluding carboxylic acids is 3. The Kier molecular flexibility index (Phi) is 5.11. The third-order valence-corrected chi connectivity index (χ3v) is 6.34. The molecule has 3 heterocycles. The van der Waals surface area contributed by atoms with Crippen LogP contribution in [0.4, 0.5) is 14.5 Å². The number of halogens is 2. The molecule has 10 heteroatoms. The summed E-state index contributed by atoms with van der Waals surface area (Å²) in [6, 6.07) is 12.6. The van der Waals surface area contributed by atoms with Crippen molar-refractivity contribution in [2.75, 3.05) is 4.90 Å². The van der Waals surface area contributed by atoms with Crippen LogP contribution >= 0.6 is 0 Å². The summed E-state index contributed by atoms with van der Waals surface area (Å²) in [6.07, 6.45) is 0.0731. The Hall–Kier alpha value is -3.82. The van der Waals surface area contributed by atoms with Crippen molar-refractivity contribution < 1.29 is 27.9 Å². The molecule has 0 radical (unpaired) electrons. The fourth-order valence-corrected chi connectivity index (χ4v) is 5.03. The second-order valence-electron chi connectivity index (χ2n) is 8.57. The maximum absolute atomic E-state index is 13.8. The maximum Gasteiger partial charge on any atom is 0.354 e. The number of ether oxygens (including phenoxy) is 1. The van der Waals surface area contributed by atoms with E-state index in [0.29, 0.717) is 21.3 Å². The fourth-order valence-electron chi connectivity index (χ4n) is 5.03. The number of imidazole rings is 1. The standard InChI is InChI=1S/C24H22F2N4O4/c1-14(2)29-21(32)15-7-3-5-9-17(15)30-20(31)11-12-24(29,30)22(33)34-13-19-27-16-8-4-6-10-18(16)28(19)23(25)26/h3-10,14,23H,11-13H2,1-2H3. The minimum absolute atomic E-state index is 0.0359. The van der Waals surface area contributed by atoms with E-state index in [0.717, 1.165) is 0 Å². The highest BCUT2D eigenvalue weighted by Gasteiger charge is 2.62. The summed E-state index contributed by atoms with van der Waals surface area (Å²) in [5.74, 6) is -1.70. The van der Waals surface area contributed by atoms with Crippen molar-refractivity contribution in [2.24, 2.45) is 0 Å². The molecule has 34 heavy (non-hydrogen) atoms. The molecule has 1 saturated heterocycles. The van der Waals surface area contributed by atoms with E-state index in [-0.39, 0.29) is 30.1 Å². The zero-order chi connectivity index (χ0) is 24.2. The molecule has 1 atom stereocenters. The van der Waals surface area contributed by atoms with E-state index in [1.54, 1.807) is 56.3 Å². The number of hydrogen-bond acceptors (Lipinski definition) is 5. The summed E-state index contributed by atoms with van der Waals surface area (Å²) < 4.78 is 33.8. The molecule has 176 valence electrons. The second-order valence-corrected chi connectivity index (χ2v) is 8.57. The number of anilines is 1. The quantitative estimate of drug-likeness (QED) is 0.531. The largest absolute Gasteiger partial charge is 0.454 e. The lowest BCUT2D eigenvalue weighted by Gasteiger charge is -2.50. The van der Waals surface area contributed by atoms with Crippen LogP contribution in [-0.2, 0) is 20.9 Å². The summed E-state index contributed by atoms with van der Waals surface area (Å²) in [5.41, 5.74) is -0.489. The molecule has 3 aromatic rings. The summed E-state index contributed by atoms with van der Waals surface area (Å²) in [4.78, 5) is 46.9. The van der Waals surface area contributed by atoms with Crippen LogP contribution in [-0.4, -0.2) is 43.9 Å². The van der Waals surface area contributed by atoms with Crippen molar-refractivity contribution in [1.82, 2.24) is 14.5 Å². The summed E-state index contributed by atoms with van der Waals surface area (Å²) in [6.45, 7) is 0.0682. The van der Waals surface area contributed by atoms with Crippen molar-refractivity contribution in [3.05, 3.63) is 59.9 Å². The van der Waals surface area contributed by atoms with Gasteiger partial charge in [0.05, 0.1) is 22.3 Å². The third-order valence-electron chi connectivity index (χ3n) is 6.34. The second kappa shape index (κ2) is 7.89. The minimum Gasteiger partial charge on any atom is -0.454 e. The van der Waals surface area contributed by atoms with E-state index in [4.69, 9.17) is 4.74 Å². The van der Waals surface area contributed by atoms with Crippen LogP contribution < -0.4 is 4.90 Å². The molecular weight excluding hydrogens is 446 g/mol. The third kappa shape index (κ3) is 3.01. The number of alkyl halides is 2. The first-order valence-corrected chi connectivity index (χ1v) is 10.9. The lowest BCUT2D eigenvalue weighted by Crippen LogP contribution is -2.70. The Balaban J connectivity index is 1.55. The molecule has 2 amide bonds. The van der Waals surface area contributed by atoms with Crippen LogP contribution in [0.5, 0.6) is 0 Å². The highest BCUT2D eigenvalue weighted by atomic mass is 19.3. The van der Waals surface area contributed by atoms with Crippen LogP contribution in [0.25, 0.3) is 11.0 Å². The van der Waals surface area contributed by atoms with E-state index in [2.05, 4.69) is 4.98 Å². The average molecular weight is 468 g/mol. The molecule has 0 spiro atoms. The molecule has 0 aliphatic carbocycles. The van der Waals surface area contributed by atoms with Gasteiger partial charge in [0.1, 0.15) is 6.61 Å². The molecule has 2 aliphatic rings. The molecular formula is C24H22F2N4O4. The Morgan fingerprint density at radius 1 is 1.12 bits per heavy atom. The van der Waals surface area contributed by atoms with E-state index in [1.807, 2.05) is 0 Å². The molecule has 1 aromatic heterocycles. The predicted molar refractivity (Wildman–Crippen MR) is 118 cm³/mol. The smallest absolute Gasteiger partial charge is 0.354 e. The van der Waals surface area contributed by atoms with Gasteiger partial charge in [0.2, 0.25) is 11.6 Å². The van der Waals surface area contributed by atoms with Crippen LogP contribution in [0.3, 0.4) is 0 Å². The molecule has 2 aliphatic heterocycles. The first-order valence-electron chi connectivity index (χ1n) is 10.9. The molecule has 8 nitrogen and oxygen atoms in total. The van der Waals surface area contributed by atoms with Crippen LogP contribution in [0.15, 0.2) is 48.5 Å². The monoisotopic (exact) mass is 468 g/mol. The van der Waals surface area contributed by atoms with Crippen molar-refractivity contribution in [2.45, 2.75) is 51.6 Å². The number of hydrogen-bond donors (Lipinski definition) is 0. The van der Waals surface area contributed by atoms with Crippen molar-refractivity contribution in [3.8, 4) is 0 Å². The van der Waals surface area contributed by atoms with Gasteiger partial charge < -0.3 is 9.64 Å². The van der Waals surface area contributed by atoms with Gasteiger partial charge in [-0.25, -0.2) is 9.78 Å². The van der Waals surface area contributed by atoms with Crippen molar-refractivity contribution in [1.29, 1.82) is 0 Å². The van der Waals surface area contributed by atoms with E-state index in [9.17, 15) is 23.2 Å². The van der Waals surface area contributed by atoms with Gasteiger partial charge in [-0.1, -0.05) is 24.3 Å². The number of esters is 1. The summed E-state index contributed by atoms with van der Waals surface area (Å²) >= 11 is 0. The predicted octanol–water partition coefficient (Wildman–Crippen LogP) is 3.86. The molecule has 1 fully saturated rings. The lowest BCUT2D eigenvalue weighted by molar-refractivity contribution is -0.160. The van der Waals surface area contributed by atoms with Gasteiger partial charge in [0.15, 0.2) is 5.82 Å². The van der Waals surface area contributed by atoms with Gasteiger partial charge in [-0.15, -0.1) is 0 Å². The average Bonchev–Trinajstić information content (AvgIpc) is 3.36. The number of nitrogens with zero attached hydrogens (tertiary/aromatic N) is 4. The summed E-state index contributed by atoms with van der Waals surface area (Å²) in [5, 5.41) is 0. The Labute approximate surface area is 193 Å².